The van der Waals surface area contributed by atoms with E-state index in [0.29, 0.717) is 18.7 Å². The van der Waals surface area contributed by atoms with Gasteiger partial charge in [-0.25, -0.2) is 0 Å². The highest BCUT2D eigenvalue weighted by molar-refractivity contribution is 5.83. The molecule has 0 fully saturated rings. The normalized spacial score (nSPS) is 12.4. The number of hydrogen-bond acceptors (Lipinski definition) is 4. The lowest BCUT2D eigenvalue weighted by atomic mass is 10.1. The van der Waals surface area contributed by atoms with E-state index in [4.69, 9.17) is 9.47 Å². The van der Waals surface area contributed by atoms with Crippen LogP contribution in [-0.2, 0) is 17.8 Å². The van der Waals surface area contributed by atoms with Crippen LogP contribution in [0.4, 0.5) is 0 Å². The van der Waals surface area contributed by atoms with Crippen LogP contribution in [0, 0.1) is 0 Å². The van der Waals surface area contributed by atoms with Crippen molar-refractivity contribution in [3.05, 3.63) is 65.9 Å². The molecule has 0 aliphatic carbocycles. The Morgan fingerprint density at radius 1 is 1.12 bits per heavy atom. The fourth-order valence-electron chi connectivity index (χ4n) is 3.00. The first kappa shape index (κ1) is 15.4. The summed E-state index contributed by atoms with van der Waals surface area (Å²) >= 11 is 0. The van der Waals surface area contributed by atoms with E-state index in [0.717, 1.165) is 27.8 Å². The number of likely N-dealkylation sites (N-methyl/N-ethyl adjacent to an activating group) is 1. The Kier molecular flexibility index (Phi) is 3.98. The van der Waals surface area contributed by atoms with Crippen LogP contribution in [0.2, 0.25) is 0 Å². The standard InChI is InChI=1S/C20H18N2O3/c1-22(12-15-8-9-21-17-5-3-2-4-16(15)17)20(23)11-14-6-7-18-19(10-14)25-13-24-18/h2-10H,11-13H2,1H3. The average Bonchev–Trinajstić information content (AvgIpc) is 3.10. The molecule has 126 valence electrons. The van der Waals surface area contributed by atoms with Crippen molar-refractivity contribution >= 4 is 16.8 Å². The first-order chi connectivity index (χ1) is 12.2. The summed E-state index contributed by atoms with van der Waals surface area (Å²) in [7, 11) is 1.82. The number of ether oxygens (including phenoxy) is 2. The van der Waals surface area contributed by atoms with Gasteiger partial charge in [0, 0.05) is 25.2 Å². The fourth-order valence-corrected chi connectivity index (χ4v) is 3.00. The molecule has 0 spiro atoms. The largest absolute Gasteiger partial charge is 0.454 e. The molecule has 1 aromatic heterocycles. The number of aromatic nitrogens is 1. The van der Waals surface area contributed by atoms with Crippen molar-refractivity contribution < 1.29 is 14.3 Å². The molecule has 5 nitrogen and oxygen atoms in total. The molecule has 0 saturated heterocycles. The first-order valence-corrected chi connectivity index (χ1v) is 8.16. The van der Waals surface area contributed by atoms with Crippen molar-refractivity contribution in [3.63, 3.8) is 0 Å². The van der Waals surface area contributed by atoms with Crippen LogP contribution in [0.15, 0.2) is 54.7 Å². The van der Waals surface area contributed by atoms with Gasteiger partial charge >= 0.3 is 0 Å². The third-order valence-corrected chi connectivity index (χ3v) is 4.36. The van der Waals surface area contributed by atoms with Crippen molar-refractivity contribution in [2.24, 2.45) is 0 Å². The van der Waals surface area contributed by atoms with Gasteiger partial charge in [-0.1, -0.05) is 24.3 Å². The number of benzene rings is 2. The highest BCUT2D eigenvalue weighted by Crippen LogP contribution is 2.32. The molecule has 2 aromatic carbocycles. The maximum Gasteiger partial charge on any atom is 0.231 e. The number of carbonyl (C=O) groups excluding carboxylic acids is 1. The Hall–Kier alpha value is -3.08. The molecule has 1 amide bonds. The zero-order valence-corrected chi connectivity index (χ0v) is 13.9. The van der Waals surface area contributed by atoms with Gasteiger partial charge in [0.25, 0.3) is 0 Å². The topological polar surface area (TPSA) is 51.7 Å². The number of pyridine rings is 1. The van der Waals surface area contributed by atoms with Gasteiger partial charge in [-0.15, -0.1) is 0 Å². The van der Waals surface area contributed by atoms with Crippen LogP contribution in [0.5, 0.6) is 11.5 Å². The summed E-state index contributed by atoms with van der Waals surface area (Å²) in [5, 5.41) is 1.08. The van der Waals surface area contributed by atoms with Crippen molar-refractivity contribution in [2.45, 2.75) is 13.0 Å². The fraction of sp³-hybridized carbons (Fsp3) is 0.200. The monoisotopic (exact) mass is 334 g/mol. The van der Waals surface area contributed by atoms with Gasteiger partial charge in [0.05, 0.1) is 11.9 Å². The lowest BCUT2D eigenvalue weighted by Gasteiger charge is -2.18. The third-order valence-electron chi connectivity index (χ3n) is 4.36. The molecule has 4 rings (SSSR count). The van der Waals surface area contributed by atoms with Crippen LogP contribution in [0.3, 0.4) is 0 Å². The molecule has 2 heterocycles. The Balaban J connectivity index is 1.48. The number of nitrogens with zero attached hydrogens (tertiary/aromatic N) is 2. The number of carbonyl (C=O) groups is 1. The maximum absolute atomic E-state index is 12.6. The molecule has 25 heavy (non-hydrogen) atoms. The lowest BCUT2D eigenvalue weighted by Crippen LogP contribution is -2.27. The van der Waals surface area contributed by atoms with E-state index in [2.05, 4.69) is 4.98 Å². The van der Waals surface area contributed by atoms with Gasteiger partial charge in [-0.05, 0) is 35.4 Å². The second kappa shape index (κ2) is 6.43. The lowest BCUT2D eigenvalue weighted by molar-refractivity contribution is -0.129. The quantitative estimate of drug-likeness (QED) is 0.735. The summed E-state index contributed by atoms with van der Waals surface area (Å²) in [6, 6.07) is 15.6. The highest BCUT2D eigenvalue weighted by atomic mass is 16.7. The minimum absolute atomic E-state index is 0.0553. The molecule has 0 unspecified atom stereocenters. The van der Waals surface area contributed by atoms with Crippen molar-refractivity contribution in [2.75, 3.05) is 13.8 Å². The molecular weight excluding hydrogens is 316 g/mol. The Labute approximate surface area is 145 Å². The van der Waals surface area contributed by atoms with Gasteiger partial charge in [0.2, 0.25) is 12.7 Å². The number of amides is 1. The third kappa shape index (κ3) is 3.13. The smallest absolute Gasteiger partial charge is 0.231 e. The summed E-state index contributed by atoms with van der Waals surface area (Å²) in [6.45, 7) is 0.786. The van der Waals surface area contributed by atoms with Crippen LogP contribution < -0.4 is 9.47 Å². The average molecular weight is 334 g/mol. The molecule has 0 saturated carbocycles. The van der Waals surface area contributed by atoms with E-state index in [-0.39, 0.29) is 12.7 Å². The predicted octanol–water partition coefficient (Wildman–Crippen LogP) is 3.16. The second-order valence-corrected chi connectivity index (χ2v) is 6.10. The molecule has 1 aliphatic heterocycles. The van der Waals surface area contributed by atoms with E-state index in [1.54, 1.807) is 11.1 Å². The van der Waals surface area contributed by atoms with Crippen molar-refractivity contribution in [3.8, 4) is 11.5 Å². The SMILES string of the molecule is CN(Cc1ccnc2ccccc12)C(=O)Cc1ccc2c(c1)OCO2. The summed E-state index contributed by atoms with van der Waals surface area (Å²) in [6.07, 6.45) is 2.12. The van der Waals surface area contributed by atoms with Crippen molar-refractivity contribution in [1.82, 2.24) is 9.88 Å². The summed E-state index contributed by atoms with van der Waals surface area (Å²) < 4.78 is 10.7. The molecular formula is C20H18N2O3. The van der Waals surface area contributed by atoms with Gasteiger partial charge in [0.1, 0.15) is 0 Å². The molecule has 3 aromatic rings. The molecule has 1 aliphatic rings. The maximum atomic E-state index is 12.6. The van der Waals surface area contributed by atoms with Gasteiger partial charge in [-0.2, -0.15) is 0 Å². The highest BCUT2D eigenvalue weighted by Gasteiger charge is 2.16. The summed E-state index contributed by atoms with van der Waals surface area (Å²) in [5.41, 5.74) is 2.95. The van der Waals surface area contributed by atoms with E-state index in [1.165, 1.54) is 0 Å². The van der Waals surface area contributed by atoms with E-state index >= 15 is 0 Å². The van der Waals surface area contributed by atoms with Crippen LogP contribution in [-0.4, -0.2) is 29.6 Å². The second-order valence-electron chi connectivity index (χ2n) is 6.10. The van der Waals surface area contributed by atoms with E-state index < -0.39 is 0 Å². The van der Waals surface area contributed by atoms with E-state index in [1.807, 2.05) is 55.6 Å². The summed E-state index contributed by atoms with van der Waals surface area (Å²) in [5.74, 6) is 1.49. The van der Waals surface area contributed by atoms with Crippen LogP contribution in [0.25, 0.3) is 10.9 Å². The molecule has 0 bridgehead atoms. The number of fused-ring (bicyclic) bond motifs is 2. The van der Waals surface area contributed by atoms with Crippen molar-refractivity contribution in [1.29, 1.82) is 0 Å². The Morgan fingerprint density at radius 3 is 2.88 bits per heavy atom. The van der Waals surface area contributed by atoms with E-state index in [9.17, 15) is 4.79 Å². The molecule has 0 atom stereocenters. The molecule has 0 N–H and O–H groups in total. The predicted molar refractivity (Wildman–Crippen MR) is 94.5 cm³/mol. The van der Waals surface area contributed by atoms with Gasteiger partial charge in [-0.3, -0.25) is 9.78 Å². The Morgan fingerprint density at radius 2 is 1.96 bits per heavy atom. The summed E-state index contributed by atoms with van der Waals surface area (Å²) in [4.78, 5) is 18.7. The Bertz CT molecular complexity index is 934. The molecule has 5 heteroatoms. The minimum Gasteiger partial charge on any atom is -0.454 e. The molecule has 0 radical (unpaired) electrons. The van der Waals surface area contributed by atoms with Gasteiger partial charge in [0.15, 0.2) is 11.5 Å². The minimum atomic E-state index is 0.0553. The van der Waals surface area contributed by atoms with Crippen LogP contribution >= 0.6 is 0 Å². The number of para-hydroxylation sites is 1. The van der Waals surface area contributed by atoms with Crippen LogP contribution in [0.1, 0.15) is 11.1 Å². The number of rotatable bonds is 4. The first-order valence-electron chi connectivity index (χ1n) is 8.16. The number of hydrogen-bond donors (Lipinski definition) is 0. The van der Waals surface area contributed by atoms with Gasteiger partial charge < -0.3 is 14.4 Å². The zero-order valence-electron chi connectivity index (χ0n) is 13.9. The zero-order chi connectivity index (χ0) is 17.2.